The van der Waals surface area contributed by atoms with Gasteiger partial charge in [0.15, 0.2) is 28.5 Å². The summed E-state index contributed by atoms with van der Waals surface area (Å²) in [6.45, 7) is 15.1. The number of Topliss-reactive ketones (excluding diaryl/α,β-unsaturated/α-hetero) is 2. The van der Waals surface area contributed by atoms with Crippen molar-refractivity contribution in [2.24, 2.45) is 5.92 Å². The molecule has 1 aromatic rings. The molecule has 0 aromatic heterocycles. The summed E-state index contributed by atoms with van der Waals surface area (Å²) in [6.07, 6.45) is 12.3. The lowest BCUT2D eigenvalue weighted by Gasteiger charge is -2.59. The molecule has 13 heteroatoms. The Labute approximate surface area is 310 Å². The maximum absolute atomic E-state index is 15.3. The van der Waals surface area contributed by atoms with E-state index in [0.29, 0.717) is 18.4 Å². The number of ether oxygens (including phenoxy) is 4. The van der Waals surface area contributed by atoms with E-state index in [1.807, 2.05) is 60.6 Å². The van der Waals surface area contributed by atoms with E-state index in [0.717, 1.165) is 11.1 Å². The fraction of sp³-hybridized carbons (Fsp3) is 0.525. The fourth-order valence-electron chi connectivity index (χ4n) is 8.84. The SMILES string of the molecule is CNC12C=C3C(=O)c4c(OP(=O)(O)O)c5c(c(CC=C(C)C)c4OC34C(C1)C(C)(C)OC4(CC=C(C)C(=O)OC)C2=O)OC(C)(CCC=C(C)C)C=C5. The number of carbonyl (C=O) groups is 3. The highest BCUT2D eigenvalue weighted by atomic mass is 31.2. The van der Waals surface area contributed by atoms with Crippen molar-refractivity contribution in [1.29, 1.82) is 0 Å². The van der Waals surface area contributed by atoms with Gasteiger partial charge in [0.25, 0.3) is 0 Å². The van der Waals surface area contributed by atoms with Gasteiger partial charge in [-0.15, -0.1) is 0 Å². The van der Waals surface area contributed by atoms with Crippen LogP contribution in [0.3, 0.4) is 0 Å². The van der Waals surface area contributed by atoms with Gasteiger partial charge in [0.2, 0.25) is 0 Å². The number of hydrogen-bond donors (Lipinski definition) is 3. The van der Waals surface area contributed by atoms with Crippen LogP contribution < -0.4 is 19.3 Å². The molecule has 0 amide bonds. The summed E-state index contributed by atoms with van der Waals surface area (Å²) in [5.41, 5.74) is -3.74. The van der Waals surface area contributed by atoms with Gasteiger partial charge in [0, 0.05) is 29.0 Å². The number of methoxy groups -OCH3 is 1. The first-order valence-electron chi connectivity index (χ1n) is 17.9. The molecule has 5 atom stereocenters. The fourth-order valence-corrected chi connectivity index (χ4v) is 9.27. The van der Waals surface area contributed by atoms with Gasteiger partial charge in [-0.3, -0.25) is 19.4 Å². The molecule has 12 nitrogen and oxygen atoms in total. The van der Waals surface area contributed by atoms with Gasteiger partial charge < -0.3 is 28.8 Å². The lowest BCUT2D eigenvalue weighted by Crippen LogP contribution is -2.79. The normalized spacial score (nSPS) is 30.3. The monoisotopic (exact) mass is 751 g/mol. The van der Waals surface area contributed by atoms with E-state index < -0.39 is 53.4 Å². The molecule has 6 aliphatic rings. The number of phosphoric acid groups is 1. The third kappa shape index (κ3) is 5.98. The number of rotatable bonds is 11. The lowest BCUT2D eigenvalue weighted by molar-refractivity contribution is -0.174. The van der Waals surface area contributed by atoms with E-state index in [4.69, 9.17) is 23.5 Å². The zero-order valence-corrected chi connectivity index (χ0v) is 33.0. The highest BCUT2D eigenvalue weighted by Gasteiger charge is 2.84. The average molecular weight is 752 g/mol. The van der Waals surface area contributed by atoms with Gasteiger partial charge in [0.1, 0.15) is 28.2 Å². The van der Waals surface area contributed by atoms with E-state index in [1.165, 1.54) is 7.11 Å². The summed E-state index contributed by atoms with van der Waals surface area (Å²) in [4.78, 5) is 63.4. The topological polar surface area (TPSA) is 167 Å². The average Bonchev–Trinajstić information content (AvgIpc) is 3.22. The van der Waals surface area contributed by atoms with Gasteiger partial charge in [-0.1, -0.05) is 29.4 Å². The molecular formula is C40H50NO11P. The molecule has 3 aliphatic heterocycles. The summed E-state index contributed by atoms with van der Waals surface area (Å²) in [6, 6.07) is 0. The third-order valence-corrected chi connectivity index (χ3v) is 11.8. The Morgan fingerprint density at radius 1 is 1.04 bits per heavy atom. The molecule has 2 fully saturated rings. The quantitative estimate of drug-likeness (QED) is 0.0983. The summed E-state index contributed by atoms with van der Waals surface area (Å²) in [5.74, 6) is -2.24. The van der Waals surface area contributed by atoms with Crippen molar-refractivity contribution >= 4 is 31.4 Å². The van der Waals surface area contributed by atoms with E-state index in [2.05, 4.69) is 11.4 Å². The van der Waals surface area contributed by atoms with E-state index in [1.54, 1.807) is 32.2 Å². The van der Waals surface area contributed by atoms with E-state index in [-0.39, 0.29) is 64.6 Å². The molecule has 1 spiro atoms. The standard InChI is InChI=1S/C40H50NO11P/c1-22(2)12-11-17-37(8)18-16-26-31(49-37)25(14-13-23(3)4)32-29(33(26)51-53(45,46)47)30(42)27-20-38(41-9)21-28-36(6,7)52-39(35(38)44,40(27,28)50-32)19-15-24(5)34(43)48-10/h12-13,15-16,18,20,28,41H,11,14,17,19,21H2,1-10H3,(H2,45,46,47). The highest BCUT2D eigenvalue weighted by Crippen LogP contribution is 2.69. The number of fused-ring (bicyclic) bond motifs is 2. The van der Waals surface area contributed by atoms with Crippen molar-refractivity contribution in [2.45, 2.75) is 115 Å². The van der Waals surface area contributed by atoms with Crippen molar-refractivity contribution in [3.63, 3.8) is 0 Å². The van der Waals surface area contributed by atoms with Crippen LogP contribution in [-0.2, 0) is 30.0 Å². The van der Waals surface area contributed by atoms with E-state index in [9.17, 15) is 19.1 Å². The zero-order valence-electron chi connectivity index (χ0n) is 32.1. The molecule has 4 bridgehead atoms. The summed E-state index contributed by atoms with van der Waals surface area (Å²) >= 11 is 0. The van der Waals surface area contributed by atoms with Crippen molar-refractivity contribution in [3.05, 3.63) is 69.4 Å². The number of hydrogen-bond acceptors (Lipinski definition) is 10. The number of carbonyl (C=O) groups excluding carboxylic acids is 3. The smallest absolute Gasteiger partial charge is 0.482 e. The Kier molecular flexibility index (Phi) is 9.48. The first-order chi connectivity index (χ1) is 24.6. The predicted octanol–water partition coefficient (Wildman–Crippen LogP) is 6.44. The molecule has 0 radical (unpaired) electrons. The van der Waals surface area contributed by atoms with Gasteiger partial charge in [-0.25, -0.2) is 9.36 Å². The van der Waals surface area contributed by atoms with Crippen LogP contribution in [0.25, 0.3) is 6.08 Å². The van der Waals surface area contributed by atoms with Gasteiger partial charge in [-0.2, -0.15) is 0 Å². The van der Waals surface area contributed by atoms with Crippen molar-refractivity contribution < 1.29 is 52.2 Å². The third-order valence-electron chi connectivity index (χ3n) is 11.4. The van der Waals surface area contributed by atoms with Crippen LogP contribution >= 0.6 is 7.82 Å². The van der Waals surface area contributed by atoms with Crippen LogP contribution in [-0.4, -0.2) is 69.4 Å². The molecule has 5 unspecified atom stereocenters. The molecule has 3 heterocycles. The minimum absolute atomic E-state index is 0.00444. The van der Waals surface area contributed by atoms with Gasteiger partial charge in [0.05, 0.1) is 18.3 Å². The Morgan fingerprint density at radius 3 is 2.32 bits per heavy atom. The lowest BCUT2D eigenvalue weighted by atomic mass is 9.48. The predicted molar refractivity (Wildman–Crippen MR) is 198 cm³/mol. The van der Waals surface area contributed by atoms with Crippen molar-refractivity contribution in [2.75, 3.05) is 14.2 Å². The number of likely N-dealkylation sites (N-methyl/N-ethyl adjacent to an activating group) is 1. The first-order valence-corrected chi connectivity index (χ1v) is 19.4. The van der Waals surface area contributed by atoms with Crippen LogP contribution in [0.2, 0.25) is 0 Å². The summed E-state index contributed by atoms with van der Waals surface area (Å²) in [5, 5.41) is 3.17. The van der Waals surface area contributed by atoms with Crippen LogP contribution in [0.1, 0.15) is 103 Å². The minimum Gasteiger partial charge on any atom is -0.482 e. The Hall–Kier alpha value is -3.80. The zero-order chi connectivity index (χ0) is 39.1. The molecule has 1 saturated heterocycles. The van der Waals surface area contributed by atoms with Crippen LogP contribution in [0.15, 0.2) is 52.7 Å². The number of phosphoric ester groups is 1. The second-order valence-corrected chi connectivity index (χ2v) is 17.2. The van der Waals surface area contributed by atoms with Crippen molar-refractivity contribution in [3.8, 4) is 17.2 Å². The molecule has 3 N–H and O–H groups in total. The molecule has 7 rings (SSSR count). The Bertz CT molecular complexity index is 2010. The second-order valence-electron chi connectivity index (χ2n) is 16.0. The van der Waals surface area contributed by atoms with Crippen LogP contribution in [0.4, 0.5) is 0 Å². The number of benzene rings is 1. The first kappa shape index (κ1) is 38.9. The number of nitrogens with one attached hydrogen (secondary N) is 1. The molecule has 53 heavy (non-hydrogen) atoms. The summed E-state index contributed by atoms with van der Waals surface area (Å²) < 4.78 is 43.9. The maximum atomic E-state index is 15.3. The maximum Gasteiger partial charge on any atom is 0.524 e. The molecule has 1 aromatic carbocycles. The molecule has 1 saturated carbocycles. The number of ketones is 2. The van der Waals surface area contributed by atoms with Crippen molar-refractivity contribution in [1.82, 2.24) is 5.32 Å². The molecule has 3 aliphatic carbocycles. The van der Waals surface area contributed by atoms with Gasteiger partial charge >= 0.3 is 13.8 Å². The van der Waals surface area contributed by atoms with E-state index >= 15 is 9.59 Å². The number of allylic oxidation sites excluding steroid dienone is 4. The largest absolute Gasteiger partial charge is 0.524 e. The molecular weight excluding hydrogens is 701 g/mol. The Morgan fingerprint density at radius 2 is 1.72 bits per heavy atom. The second kappa shape index (κ2) is 12.9. The summed E-state index contributed by atoms with van der Waals surface area (Å²) in [7, 11) is -2.35. The highest BCUT2D eigenvalue weighted by molar-refractivity contribution is 7.46. The number of esters is 1. The minimum atomic E-state index is -5.25. The van der Waals surface area contributed by atoms with Crippen LogP contribution in [0, 0.1) is 5.92 Å². The Balaban J connectivity index is 1.69. The van der Waals surface area contributed by atoms with Gasteiger partial charge in [-0.05, 0) is 106 Å². The van der Waals surface area contributed by atoms with Crippen LogP contribution in [0.5, 0.6) is 17.2 Å². The molecule has 286 valence electrons.